The number of carbonyl (C=O) groups excluding carboxylic acids is 1. The molecule has 0 aliphatic heterocycles. The van der Waals surface area contributed by atoms with Crippen molar-refractivity contribution in [2.75, 3.05) is 7.11 Å². The summed E-state index contributed by atoms with van der Waals surface area (Å²) in [6.07, 6.45) is 0. The minimum atomic E-state index is -1.14. The van der Waals surface area contributed by atoms with Crippen molar-refractivity contribution < 1.29 is 23.8 Å². The van der Waals surface area contributed by atoms with Crippen LogP contribution in [-0.2, 0) is 9.53 Å². The molecular formula is C11H11FO4S. The summed E-state index contributed by atoms with van der Waals surface area (Å²) >= 11 is 0.922. The number of carboxylic acid groups (broad SMARTS) is 1. The molecule has 1 unspecified atom stereocenters. The van der Waals surface area contributed by atoms with E-state index in [0.717, 1.165) is 17.8 Å². The second-order valence-electron chi connectivity index (χ2n) is 3.23. The monoisotopic (exact) mass is 258 g/mol. The molecule has 0 amide bonds. The van der Waals surface area contributed by atoms with Crippen LogP contribution in [0.3, 0.4) is 0 Å². The molecule has 17 heavy (non-hydrogen) atoms. The van der Waals surface area contributed by atoms with Crippen molar-refractivity contribution in [2.24, 2.45) is 0 Å². The van der Waals surface area contributed by atoms with Gasteiger partial charge in [-0.3, -0.25) is 4.79 Å². The number of methoxy groups -OCH3 is 1. The lowest BCUT2D eigenvalue weighted by Gasteiger charge is -2.09. The number of thioether (sulfide) groups is 1. The number of hydrogen-bond acceptors (Lipinski definition) is 4. The van der Waals surface area contributed by atoms with E-state index in [1.165, 1.54) is 19.2 Å². The average Bonchev–Trinajstić information content (AvgIpc) is 2.30. The van der Waals surface area contributed by atoms with Gasteiger partial charge in [0.25, 0.3) is 0 Å². The highest BCUT2D eigenvalue weighted by Gasteiger charge is 2.18. The van der Waals surface area contributed by atoms with Gasteiger partial charge in [0.2, 0.25) is 0 Å². The van der Waals surface area contributed by atoms with Gasteiger partial charge in [-0.15, -0.1) is 11.8 Å². The van der Waals surface area contributed by atoms with Crippen LogP contribution in [0.15, 0.2) is 23.1 Å². The quantitative estimate of drug-likeness (QED) is 0.662. The fraction of sp³-hybridized carbons (Fsp3) is 0.273. The summed E-state index contributed by atoms with van der Waals surface area (Å²) in [5.74, 6) is -2.19. The number of esters is 1. The zero-order valence-corrected chi connectivity index (χ0v) is 10.1. The van der Waals surface area contributed by atoms with Crippen molar-refractivity contribution in [1.29, 1.82) is 0 Å². The average molecular weight is 258 g/mol. The Morgan fingerprint density at radius 1 is 1.47 bits per heavy atom. The van der Waals surface area contributed by atoms with Gasteiger partial charge in [0.15, 0.2) is 0 Å². The third kappa shape index (κ3) is 3.45. The number of carboxylic acids is 1. The predicted octanol–water partition coefficient (Wildman–Crippen LogP) is 2.18. The van der Waals surface area contributed by atoms with Crippen LogP contribution < -0.4 is 0 Å². The number of ether oxygens (including phenoxy) is 1. The summed E-state index contributed by atoms with van der Waals surface area (Å²) in [5.41, 5.74) is -0.0223. The van der Waals surface area contributed by atoms with Gasteiger partial charge < -0.3 is 9.84 Å². The first-order valence-electron chi connectivity index (χ1n) is 4.73. The number of benzene rings is 1. The molecule has 0 saturated carbocycles. The molecular weight excluding hydrogens is 247 g/mol. The number of rotatable bonds is 4. The van der Waals surface area contributed by atoms with E-state index in [4.69, 9.17) is 5.11 Å². The van der Waals surface area contributed by atoms with E-state index in [9.17, 15) is 14.0 Å². The van der Waals surface area contributed by atoms with Crippen molar-refractivity contribution in [3.8, 4) is 0 Å². The first-order chi connectivity index (χ1) is 7.95. The van der Waals surface area contributed by atoms with E-state index >= 15 is 0 Å². The van der Waals surface area contributed by atoms with Gasteiger partial charge in [0.05, 0.1) is 12.7 Å². The smallest absolute Gasteiger partial charge is 0.335 e. The maximum Gasteiger partial charge on any atom is 0.335 e. The van der Waals surface area contributed by atoms with Gasteiger partial charge in [-0.25, -0.2) is 9.18 Å². The second kappa shape index (κ2) is 5.67. The van der Waals surface area contributed by atoms with Gasteiger partial charge in [-0.2, -0.15) is 0 Å². The molecule has 0 heterocycles. The van der Waals surface area contributed by atoms with Gasteiger partial charge >= 0.3 is 11.9 Å². The molecule has 0 spiro atoms. The second-order valence-corrected chi connectivity index (χ2v) is 4.62. The molecule has 4 nitrogen and oxygen atoms in total. The summed E-state index contributed by atoms with van der Waals surface area (Å²) in [7, 11) is 1.24. The Hall–Kier alpha value is -1.56. The normalized spacial score (nSPS) is 11.9. The zero-order valence-electron chi connectivity index (χ0n) is 9.27. The van der Waals surface area contributed by atoms with Crippen LogP contribution in [0, 0.1) is 5.82 Å². The summed E-state index contributed by atoms with van der Waals surface area (Å²) in [6, 6.07) is 3.43. The van der Waals surface area contributed by atoms with Gasteiger partial charge in [0.1, 0.15) is 11.1 Å². The lowest BCUT2D eigenvalue weighted by Crippen LogP contribution is -2.14. The van der Waals surface area contributed by atoms with E-state index in [2.05, 4.69) is 4.74 Å². The Morgan fingerprint density at radius 3 is 2.65 bits per heavy atom. The molecule has 0 bridgehead atoms. The van der Waals surface area contributed by atoms with Crippen molar-refractivity contribution in [1.82, 2.24) is 0 Å². The third-order valence-electron chi connectivity index (χ3n) is 2.02. The molecule has 1 N–H and O–H groups in total. The van der Waals surface area contributed by atoms with Crippen LogP contribution in [0.25, 0.3) is 0 Å². The van der Waals surface area contributed by atoms with Crippen molar-refractivity contribution in [2.45, 2.75) is 17.1 Å². The highest BCUT2D eigenvalue weighted by atomic mass is 32.2. The summed E-state index contributed by atoms with van der Waals surface area (Å²) in [6.45, 7) is 1.56. The van der Waals surface area contributed by atoms with Crippen LogP contribution >= 0.6 is 11.8 Å². The van der Waals surface area contributed by atoms with Crippen molar-refractivity contribution >= 4 is 23.7 Å². The first-order valence-corrected chi connectivity index (χ1v) is 5.61. The molecule has 1 atom stereocenters. The van der Waals surface area contributed by atoms with Gasteiger partial charge in [0, 0.05) is 4.90 Å². The molecule has 0 saturated heterocycles. The number of halogens is 1. The number of aromatic carboxylic acids is 1. The zero-order chi connectivity index (χ0) is 13.0. The molecule has 0 aliphatic rings. The molecule has 0 aliphatic carbocycles. The Morgan fingerprint density at radius 2 is 2.12 bits per heavy atom. The van der Waals surface area contributed by atoms with Crippen LogP contribution in [0.4, 0.5) is 4.39 Å². The molecule has 1 aromatic carbocycles. The molecule has 0 aromatic heterocycles. The maximum absolute atomic E-state index is 13.4. The predicted molar refractivity (Wildman–Crippen MR) is 60.7 cm³/mol. The van der Waals surface area contributed by atoms with E-state index in [1.807, 2.05) is 0 Å². The SMILES string of the molecule is COC(=O)C(C)Sc1cc(C(=O)O)ccc1F. The summed E-state index contributed by atoms with van der Waals surface area (Å²) < 4.78 is 17.9. The molecule has 6 heteroatoms. The minimum absolute atomic E-state index is 0.0223. The van der Waals surface area contributed by atoms with Crippen molar-refractivity contribution in [3.05, 3.63) is 29.6 Å². The molecule has 92 valence electrons. The lowest BCUT2D eigenvalue weighted by atomic mass is 10.2. The van der Waals surface area contributed by atoms with E-state index in [0.29, 0.717) is 0 Å². The fourth-order valence-electron chi connectivity index (χ4n) is 1.13. The molecule has 1 aromatic rings. The van der Waals surface area contributed by atoms with Crippen LogP contribution in [0.1, 0.15) is 17.3 Å². The highest BCUT2D eigenvalue weighted by molar-refractivity contribution is 8.00. The fourth-order valence-corrected chi connectivity index (χ4v) is 2.08. The maximum atomic E-state index is 13.4. The van der Waals surface area contributed by atoms with E-state index < -0.39 is 23.0 Å². The topological polar surface area (TPSA) is 63.6 Å². The number of carbonyl (C=O) groups is 2. The Kier molecular flexibility index (Phi) is 4.51. The largest absolute Gasteiger partial charge is 0.478 e. The Balaban J connectivity index is 2.93. The van der Waals surface area contributed by atoms with E-state index in [-0.39, 0.29) is 10.5 Å². The first kappa shape index (κ1) is 13.5. The Bertz CT molecular complexity index is 447. The van der Waals surface area contributed by atoms with Crippen LogP contribution in [0.5, 0.6) is 0 Å². The minimum Gasteiger partial charge on any atom is -0.478 e. The molecule has 0 fully saturated rings. The van der Waals surface area contributed by atoms with Crippen molar-refractivity contribution in [3.63, 3.8) is 0 Å². The highest BCUT2D eigenvalue weighted by Crippen LogP contribution is 2.27. The Labute approximate surface area is 102 Å². The van der Waals surface area contributed by atoms with E-state index in [1.54, 1.807) is 6.92 Å². The summed E-state index contributed by atoms with van der Waals surface area (Å²) in [4.78, 5) is 22.0. The summed E-state index contributed by atoms with van der Waals surface area (Å²) in [5, 5.41) is 8.17. The lowest BCUT2D eigenvalue weighted by molar-refractivity contribution is -0.139. The third-order valence-corrected chi connectivity index (χ3v) is 3.13. The number of hydrogen-bond donors (Lipinski definition) is 1. The van der Waals surface area contributed by atoms with Gasteiger partial charge in [-0.1, -0.05) is 0 Å². The standard InChI is InChI=1S/C11H11FO4S/c1-6(11(15)16-2)17-9-5-7(10(13)14)3-4-8(9)12/h3-6H,1-2H3,(H,13,14). The van der Waals surface area contributed by atoms with Crippen LogP contribution in [-0.4, -0.2) is 29.4 Å². The van der Waals surface area contributed by atoms with Crippen LogP contribution in [0.2, 0.25) is 0 Å². The molecule has 0 radical (unpaired) electrons. The van der Waals surface area contributed by atoms with Gasteiger partial charge in [-0.05, 0) is 25.1 Å². The molecule has 1 rings (SSSR count).